The number of benzene rings is 2. The van der Waals surface area contributed by atoms with Gasteiger partial charge in [-0.25, -0.2) is 4.79 Å². The Kier molecular flexibility index (Phi) is 3.06. The van der Waals surface area contributed by atoms with Crippen LogP contribution in [0.5, 0.6) is 11.5 Å². The van der Waals surface area contributed by atoms with Gasteiger partial charge in [0, 0.05) is 13.0 Å². The summed E-state index contributed by atoms with van der Waals surface area (Å²) < 4.78 is 21.6. The van der Waals surface area contributed by atoms with E-state index in [2.05, 4.69) is 0 Å². The summed E-state index contributed by atoms with van der Waals surface area (Å²) in [6.07, 6.45) is 0. The van der Waals surface area contributed by atoms with Crippen LogP contribution < -0.4 is 15.1 Å². The van der Waals surface area contributed by atoms with Crippen molar-refractivity contribution in [3.63, 3.8) is 0 Å². The van der Waals surface area contributed by atoms with Crippen LogP contribution in [0.15, 0.2) is 50.0 Å². The average Bonchev–Trinajstić information content (AvgIpc) is 2.95. The molecule has 0 bridgehead atoms. The van der Waals surface area contributed by atoms with E-state index in [0.29, 0.717) is 33.3 Å². The van der Waals surface area contributed by atoms with Crippen molar-refractivity contribution in [3.05, 3.63) is 46.8 Å². The van der Waals surface area contributed by atoms with E-state index in [-0.39, 0.29) is 11.1 Å². The first-order valence-corrected chi connectivity index (χ1v) is 7.23. The fraction of sp³-hybridized carbons (Fsp3) is 0.111. The number of methoxy groups -OCH3 is 1. The van der Waals surface area contributed by atoms with Crippen molar-refractivity contribution in [1.82, 2.24) is 0 Å². The minimum Gasteiger partial charge on any atom is -0.497 e. The molecule has 0 aliphatic rings. The highest BCUT2D eigenvalue weighted by molar-refractivity contribution is 6.15. The summed E-state index contributed by atoms with van der Waals surface area (Å²) in [4.78, 5) is 23.8. The predicted molar refractivity (Wildman–Crippen MR) is 87.6 cm³/mol. The largest absolute Gasteiger partial charge is 0.497 e. The second-order valence-corrected chi connectivity index (χ2v) is 5.28. The SMILES string of the molecule is COc1ccc2c(c1)oc(=O)c1c2oc2cccc(OC(C)=O)c21. The summed E-state index contributed by atoms with van der Waals surface area (Å²) in [5, 5.41) is 1.31. The summed E-state index contributed by atoms with van der Waals surface area (Å²) in [6, 6.07) is 10.1. The fourth-order valence-corrected chi connectivity index (χ4v) is 2.79. The zero-order chi connectivity index (χ0) is 16.8. The Labute approximate surface area is 135 Å². The quantitative estimate of drug-likeness (QED) is 0.318. The smallest absolute Gasteiger partial charge is 0.348 e. The van der Waals surface area contributed by atoms with Crippen LogP contribution in [0, 0.1) is 0 Å². The summed E-state index contributed by atoms with van der Waals surface area (Å²) in [5.74, 6) is 0.354. The maximum atomic E-state index is 12.5. The molecule has 0 N–H and O–H groups in total. The molecular formula is C18H12O6. The Hall–Kier alpha value is -3.28. The van der Waals surface area contributed by atoms with Crippen molar-refractivity contribution in [2.24, 2.45) is 0 Å². The Morgan fingerprint density at radius 2 is 1.88 bits per heavy atom. The third-order valence-electron chi connectivity index (χ3n) is 3.77. The van der Waals surface area contributed by atoms with E-state index in [4.69, 9.17) is 18.3 Å². The molecule has 0 radical (unpaired) electrons. The number of fused-ring (bicyclic) bond motifs is 5. The van der Waals surface area contributed by atoms with Crippen molar-refractivity contribution in [1.29, 1.82) is 0 Å². The molecule has 6 nitrogen and oxygen atoms in total. The van der Waals surface area contributed by atoms with Crippen molar-refractivity contribution < 1.29 is 23.1 Å². The minimum absolute atomic E-state index is 0.250. The van der Waals surface area contributed by atoms with Crippen LogP contribution in [-0.2, 0) is 4.79 Å². The van der Waals surface area contributed by atoms with Gasteiger partial charge in [0.15, 0.2) is 5.58 Å². The maximum absolute atomic E-state index is 12.5. The van der Waals surface area contributed by atoms with Crippen molar-refractivity contribution in [3.8, 4) is 11.5 Å². The first-order valence-electron chi connectivity index (χ1n) is 7.23. The standard InChI is InChI=1S/C18H12O6/c1-9(19)22-12-4-3-5-13-15(12)16-17(23-13)11-7-6-10(21-2)8-14(11)24-18(16)20/h3-8H,1-2H3. The van der Waals surface area contributed by atoms with Gasteiger partial charge in [0.05, 0.1) is 17.9 Å². The molecule has 24 heavy (non-hydrogen) atoms. The lowest BCUT2D eigenvalue weighted by Crippen LogP contribution is -2.03. The molecule has 2 heterocycles. The van der Waals surface area contributed by atoms with Gasteiger partial charge in [-0.2, -0.15) is 0 Å². The lowest BCUT2D eigenvalue weighted by atomic mass is 10.1. The van der Waals surface area contributed by atoms with Crippen LogP contribution in [0.1, 0.15) is 6.92 Å². The van der Waals surface area contributed by atoms with Gasteiger partial charge in [-0.05, 0) is 24.3 Å². The van der Waals surface area contributed by atoms with E-state index in [1.54, 1.807) is 36.4 Å². The Balaban J connectivity index is 2.17. The normalized spacial score (nSPS) is 11.2. The van der Waals surface area contributed by atoms with Gasteiger partial charge in [-0.3, -0.25) is 4.79 Å². The molecule has 0 aliphatic heterocycles. The second kappa shape index (κ2) is 5.13. The fourth-order valence-electron chi connectivity index (χ4n) is 2.79. The first-order chi connectivity index (χ1) is 11.6. The molecule has 4 rings (SSSR count). The molecule has 0 fully saturated rings. The first kappa shape index (κ1) is 14.3. The highest BCUT2D eigenvalue weighted by atomic mass is 16.5. The number of rotatable bonds is 2. The highest BCUT2D eigenvalue weighted by Gasteiger charge is 2.20. The van der Waals surface area contributed by atoms with Gasteiger partial charge in [-0.15, -0.1) is 0 Å². The van der Waals surface area contributed by atoms with Crippen LogP contribution >= 0.6 is 0 Å². The Morgan fingerprint density at radius 1 is 1.04 bits per heavy atom. The van der Waals surface area contributed by atoms with Gasteiger partial charge in [0.1, 0.15) is 28.1 Å². The zero-order valence-electron chi connectivity index (χ0n) is 12.9. The maximum Gasteiger partial charge on any atom is 0.348 e. The number of hydrogen-bond donors (Lipinski definition) is 0. The minimum atomic E-state index is -0.566. The van der Waals surface area contributed by atoms with Crippen LogP contribution in [0.2, 0.25) is 0 Å². The molecule has 0 atom stereocenters. The number of carbonyl (C=O) groups excluding carboxylic acids is 1. The average molecular weight is 324 g/mol. The number of ether oxygens (including phenoxy) is 2. The van der Waals surface area contributed by atoms with Crippen LogP contribution in [0.25, 0.3) is 32.9 Å². The molecular weight excluding hydrogens is 312 g/mol. The van der Waals surface area contributed by atoms with Crippen molar-refractivity contribution in [2.45, 2.75) is 6.92 Å². The molecule has 4 aromatic rings. The molecule has 0 saturated carbocycles. The van der Waals surface area contributed by atoms with E-state index < -0.39 is 11.6 Å². The number of carbonyl (C=O) groups is 1. The van der Waals surface area contributed by atoms with E-state index in [1.807, 2.05) is 0 Å². The lowest BCUT2D eigenvalue weighted by Gasteiger charge is -2.02. The van der Waals surface area contributed by atoms with E-state index >= 15 is 0 Å². The van der Waals surface area contributed by atoms with Crippen molar-refractivity contribution in [2.75, 3.05) is 7.11 Å². The number of furan rings is 1. The molecule has 2 aromatic heterocycles. The lowest BCUT2D eigenvalue weighted by molar-refractivity contribution is -0.131. The monoisotopic (exact) mass is 324 g/mol. The van der Waals surface area contributed by atoms with E-state index in [0.717, 1.165) is 0 Å². The number of esters is 1. The zero-order valence-corrected chi connectivity index (χ0v) is 12.9. The molecule has 0 unspecified atom stereocenters. The third-order valence-corrected chi connectivity index (χ3v) is 3.77. The topological polar surface area (TPSA) is 78.9 Å². The summed E-state index contributed by atoms with van der Waals surface area (Å²) >= 11 is 0. The van der Waals surface area contributed by atoms with Crippen LogP contribution in [0.4, 0.5) is 0 Å². The van der Waals surface area contributed by atoms with Gasteiger partial charge >= 0.3 is 11.6 Å². The third kappa shape index (κ3) is 2.04. The summed E-state index contributed by atoms with van der Waals surface area (Å²) in [5.41, 5.74) is 0.627. The Bertz CT molecular complexity index is 1160. The van der Waals surface area contributed by atoms with Gasteiger partial charge < -0.3 is 18.3 Å². The number of hydrogen-bond acceptors (Lipinski definition) is 6. The summed E-state index contributed by atoms with van der Waals surface area (Å²) in [7, 11) is 1.53. The molecule has 2 aromatic carbocycles. The van der Waals surface area contributed by atoms with E-state index in [9.17, 15) is 9.59 Å². The Morgan fingerprint density at radius 3 is 2.62 bits per heavy atom. The van der Waals surface area contributed by atoms with Gasteiger partial charge in [0.2, 0.25) is 0 Å². The molecule has 0 spiro atoms. The van der Waals surface area contributed by atoms with Crippen molar-refractivity contribution >= 4 is 38.9 Å². The van der Waals surface area contributed by atoms with Crippen LogP contribution in [0.3, 0.4) is 0 Å². The van der Waals surface area contributed by atoms with Gasteiger partial charge in [-0.1, -0.05) is 6.07 Å². The van der Waals surface area contributed by atoms with Gasteiger partial charge in [0.25, 0.3) is 0 Å². The second-order valence-electron chi connectivity index (χ2n) is 5.28. The molecule has 0 amide bonds. The molecule has 120 valence electrons. The predicted octanol–water partition coefficient (Wildman–Crippen LogP) is 3.63. The van der Waals surface area contributed by atoms with Crippen LogP contribution in [-0.4, -0.2) is 13.1 Å². The molecule has 0 aliphatic carbocycles. The highest BCUT2D eigenvalue weighted by Crippen LogP contribution is 2.37. The summed E-state index contributed by atoms with van der Waals surface area (Å²) in [6.45, 7) is 1.30. The van der Waals surface area contributed by atoms with E-state index in [1.165, 1.54) is 14.0 Å². The molecule has 6 heteroatoms. The molecule has 0 saturated heterocycles.